The van der Waals surface area contributed by atoms with Gasteiger partial charge in [-0.15, -0.1) is 0 Å². The molecule has 1 N–H and O–H groups in total. The summed E-state index contributed by atoms with van der Waals surface area (Å²) in [6.07, 6.45) is 2.79. The minimum Gasteiger partial charge on any atom is -0.508 e. The van der Waals surface area contributed by atoms with Crippen LogP contribution in [0.3, 0.4) is 0 Å². The molecule has 90 valence electrons. The molecule has 17 heavy (non-hydrogen) atoms. The number of Topliss-reactive ketones (excluding diaryl/α,β-unsaturated/α-hetero) is 1. The minimum atomic E-state index is -0.257. The predicted molar refractivity (Wildman–Crippen MR) is 64.0 cm³/mol. The van der Waals surface area contributed by atoms with Crippen molar-refractivity contribution in [2.45, 2.75) is 13.3 Å². The summed E-state index contributed by atoms with van der Waals surface area (Å²) in [5.74, 6) is 0.135. The van der Waals surface area contributed by atoms with Crippen molar-refractivity contribution in [1.29, 1.82) is 0 Å². The second kappa shape index (κ2) is 5.84. The highest BCUT2D eigenvalue weighted by Crippen LogP contribution is 2.24. The normalized spacial score (nSPS) is 10.5. The van der Waals surface area contributed by atoms with Crippen molar-refractivity contribution >= 4 is 17.6 Å². The highest BCUT2D eigenvalue weighted by Gasteiger charge is 2.03. The second-order valence-electron chi connectivity index (χ2n) is 3.60. The Balaban J connectivity index is 2.84. The number of aromatic hydroxyl groups is 1. The van der Waals surface area contributed by atoms with Crippen LogP contribution in [0, 0.1) is 0 Å². The van der Waals surface area contributed by atoms with Gasteiger partial charge in [0.2, 0.25) is 0 Å². The van der Waals surface area contributed by atoms with Crippen LogP contribution in [-0.2, 0) is 9.59 Å². The standard InChI is InChI=1S/C13H14O4/c1-9(14)7-11(15)5-3-10-4-6-12(16)8-13(10)17-2/h3-6,8,16H,7H2,1-2H3/b5-3+. The van der Waals surface area contributed by atoms with Gasteiger partial charge in [0.1, 0.15) is 17.3 Å². The molecule has 0 radical (unpaired) electrons. The van der Waals surface area contributed by atoms with Crippen LogP contribution in [0.4, 0.5) is 0 Å². The average molecular weight is 234 g/mol. The lowest BCUT2D eigenvalue weighted by molar-refractivity contribution is -0.123. The number of carbonyl (C=O) groups is 2. The quantitative estimate of drug-likeness (QED) is 0.625. The van der Waals surface area contributed by atoms with E-state index in [1.165, 1.54) is 32.2 Å². The highest BCUT2D eigenvalue weighted by atomic mass is 16.5. The summed E-state index contributed by atoms with van der Waals surface area (Å²) in [7, 11) is 1.48. The summed E-state index contributed by atoms with van der Waals surface area (Å²) in [5.41, 5.74) is 0.669. The van der Waals surface area contributed by atoms with E-state index in [2.05, 4.69) is 0 Å². The molecule has 0 aromatic heterocycles. The minimum absolute atomic E-state index is 0.0917. The Labute approximate surface area is 99.5 Å². The van der Waals surface area contributed by atoms with Crippen LogP contribution in [0.1, 0.15) is 18.9 Å². The van der Waals surface area contributed by atoms with E-state index in [9.17, 15) is 14.7 Å². The summed E-state index contributed by atoms with van der Waals surface area (Å²) in [6, 6.07) is 4.58. The maximum atomic E-state index is 11.3. The van der Waals surface area contributed by atoms with Crippen molar-refractivity contribution in [3.63, 3.8) is 0 Å². The van der Waals surface area contributed by atoms with Gasteiger partial charge in [0.15, 0.2) is 5.78 Å². The molecule has 4 nitrogen and oxygen atoms in total. The van der Waals surface area contributed by atoms with Gasteiger partial charge < -0.3 is 9.84 Å². The van der Waals surface area contributed by atoms with Gasteiger partial charge in [-0.05, 0) is 31.2 Å². The van der Waals surface area contributed by atoms with Crippen molar-refractivity contribution in [3.8, 4) is 11.5 Å². The number of benzene rings is 1. The number of phenolic OH excluding ortho intramolecular Hbond substituents is 1. The molecule has 0 unspecified atom stereocenters. The number of hydrogen-bond donors (Lipinski definition) is 1. The molecule has 4 heteroatoms. The zero-order valence-corrected chi connectivity index (χ0v) is 9.77. The average Bonchev–Trinajstić information content (AvgIpc) is 2.26. The molecule has 0 aliphatic carbocycles. The molecule has 1 aromatic carbocycles. The fraction of sp³-hybridized carbons (Fsp3) is 0.231. The Bertz CT molecular complexity index is 460. The van der Waals surface area contributed by atoms with Crippen LogP contribution in [0.2, 0.25) is 0 Å². The molecule has 0 saturated carbocycles. The molecule has 0 atom stereocenters. The molecule has 0 amide bonds. The van der Waals surface area contributed by atoms with Crippen LogP contribution in [0.25, 0.3) is 6.08 Å². The molecular formula is C13H14O4. The molecular weight excluding hydrogens is 220 g/mol. The molecule has 0 spiro atoms. The highest BCUT2D eigenvalue weighted by molar-refractivity contribution is 6.05. The van der Waals surface area contributed by atoms with Gasteiger partial charge in [0.25, 0.3) is 0 Å². The van der Waals surface area contributed by atoms with Crippen LogP contribution in [0.15, 0.2) is 24.3 Å². The van der Waals surface area contributed by atoms with Gasteiger partial charge in [-0.2, -0.15) is 0 Å². The SMILES string of the molecule is COc1cc(O)ccc1/C=C/C(=O)CC(C)=O. The van der Waals surface area contributed by atoms with Gasteiger partial charge >= 0.3 is 0 Å². The number of ketones is 2. The Morgan fingerprint density at radius 1 is 1.41 bits per heavy atom. The van der Waals surface area contributed by atoms with Gasteiger partial charge in [-0.3, -0.25) is 9.59 Å². The lowest BCUT2D eigenvalue weighted by Crippen LogP contribution is -2.00. The van der Waals surface area contributed by atoms with Crippen LogP contribution in [0.5, 0.6) is 11.5 Å². The molecule has 0 fully saturated rings. The van der Waals surface area contributed by atoms with Crippen LogP contribution < -0.4 is 4.74 Å². The first-order valence-electron chi connectivity index (χ1n) is 5.10. The predicted octanol–water partition coefficient (Wildman–Crippen LogP) is 1.96. The first-order valence-corrected chi connectivity index (χ1v) is 5.10. The van der Waals surface area contributed by atoms with Crippen molar-refractivity contribution in [3.05, 3.63) is 29.8 Å². The fourth-order valence-electron chi connectivity index (χ4n) is 1.32. The molecule has 0 saturated heterocycles. The summed E-state index contributed by atoms with van der Waals surface area (Å²) in [4.78, 5) is 22.0. The van der Waals surface area contributed by atoms with Crippen molar-refractivity contribution in [2.75, 3.05) is 7.11 Å². The maximum Gasteiger partial charge on any atom is 0.163 e. The van der Waals surface area contributed by atoms with Crippen LogP contribution >= 0.6 is 0 Å². The zero-order chi connectivity index (χ0) is 12.8. The molecule has 1 aromatic rings. The largest absolute Gasteiger partial charge is 0.508 e. The van der Waals surface area contributed by atoms with E-state index in [0.29, 0.717) is 11.3 Å². The summed E-state index contributed by atoms with van der Waals surface area (Å²) < 4.78 is 5.05. The van der Waals surface area contributed by atoms with E-state index in [0.717, 1.165) is 0 Å². The van der Waals surface area contributed by atoms with Crippen molar-refractivity contribution in [2.24, 2.45) is 0 Å². The molecule has 0 heterocycles. The topological polar surface area (TPSA) is 63.6 Å². The summed E-state index contributed by atoms with van der Waals surface area (Å²) >= 11 is 0. The molecule has 1 rings (SSSR count). The lowest BCUT2D eigenvalue weighted by Gasteiger charge is -2.04. The summed E-state index contributed by atoms with van der Waals surface area (Å²) in [5, 5.41) is 9.25. The number of carbonyl (C=O) groups excluding carboxylic acids is 2. The first-order chi connectivity index (χ1) is 8.02. The van der Waals surface area contributed by atoms with Crippen molar-refractivity contribution < 1.29 is 19.4 Å². The Morgan fingerprint density at radius 3 is 2.71 bits per heavy atom. The Morgan fingerprint density at radius 2 is 2.12 bits per heavy atom. The number of phenols is 1. The van der Waals surface area contributed by atoms with E-state index in [1.54, 1.807) is 12.1 Å². The molecule has 0 bridgehead atoms. The third-order valence-corrected chi connectivity index (χ3v) is 2.09. The number of rotatable bonds is 5. The van der Waals surface area contributed by atoms with Gasteiger partial charge in [0.05, 0.1) is 13.5 Å². The summed E-state index contributed by atoms with van der Waals surface area (Å²) in [6.45, 7) is 1.37. The van der Waals surface area contributed by atoms with E-state index >= 15 is 0 Å². The van der Waals surface area contributed by atoms with Gasteiger partial charge in [-0.25, -0.2) is 0 Å². The third-order valence-electron chi connectivity index (χ3n) is 2.09. The fourth-order valence-corrected chi connectivity index (χ4v) is 1.32. The number of methoxy groups -OCH3 is 1. The Hall–Kier alpha value is -2.10. The lowest BCUT2D eigenvalue weighted by atomic mass is 10.1. The van der Waals surface area contributed by atoms with E-state index < -0.39 is 0 Å². The maximum absolute atomic E-state index is 11.3. The Kier molecular flexibility index (Phi) is 4.46. The smallest absolute Gasteiger partial charge is 0.163 e. The number of allylic oxidation sites excluding steroid dienone is 1. The number of hydrogen-bond acceptors (Lipinski definition) is 4. The van der Waals surface area contributed by atoms with Crippen molar-refractivity contribution in [1.82, 2.24) is 0 Å². The van der Waals surface area contributed by atoms with Crippen LogP contribution in [-0.4, -0.2) is 23.8 Å². The molecule has 0 aliphatic rings. The first kappa shape index (κ1) is 13.0. The number of ether oxygens (including phenoxy) is 1. The van der Waals surface area contributed by atoms with Gasteiger partial charge in [-0.1, -0.05) is 0 Å². The monoisotopic (exact) mass is 234 g/mol. The van der Waals surface area contributed by atoms with E-state index in [4.69, 9.17) is 4.74 Å². The zero-order valence-electron chi connectivity index (χ0n) is 9.77. The molecule has 0 aliphatic heterocycles. The van der Waals surface area contributed by atoms with E-state index in [-0.39, 0.29) is 23.7 Å². The third kappa shape index (κ3) is 4.10. The second-order valence-corrected chi connectivity index (χ2v) is 3.60. The van der Waals surface area contributed by atoms with Gasteiger partial charge in [0, 0.05) is 11.6 Å². The van der Waals surface area contributed by atoms with E-state index in [1.807, 2.05) is 0 Å².